The summed E-state index contributed by atoms with van der Waals surface area (Å²) in [4.78, 5) is 8.16. The lowest BCUT2D eigenvalue weighted by Crippen LogP contribution is -2.11. The molecule has 0 unspecified atom stereocenters. The molecule has 0 saturated heterocycles. The molecule has 1 fully saturated rings. The Morgan fingerprint density at radius 3 is 3.00 bits per heavy atom. The molecule has 100 valence electrons. The van der Waals surface area contributed by atoms with Crippen molar-refractivity contribution >= 4 is 17.6 Å². The van der Waals surface area contributed by atoms with Crippen LogP contribution in [0, 0.1) is 0 Å². The van der Waals surface area contributed by atoms with E-state index in [0.717, 1.165) is 12.8 Å². The molecule has 2 heterocycles. The molecule has 3 N–H and O–H groups in total. The van der Waals surface area contributed by atoms with Gasteiger partial charge in [-0.1, -0.05) is 0 Å². The van der Waals surface area contributed by atoms with Crippen LogP contribution < -0.4 is 16.0 Å². The molecule has 0 radical (unpaired) electrons. The molecule has 0 bridgehead atoms. The van der Waals surface area contributed by atoms with Crippen molar-refractivity contribution in [2.24, 2.45) is 5.84 Å². The van der Waals surface area contributed by atoms with Gasteiger partial charge in [-0.3, -0.25) is 0 Å². The van der Waals surface area contributed by atoms with Crippen LogP contribution in [0.1, 0.15) is 18.9 Å². The van der Waals surface area contributed by atoms with Gasteiger partial charge in [0, 0.05) is 0 Å². The van der Waals surface area contributed by atoms with E-state index in [1.807, 2.05) is 4.68 Å². The maximum absolute atomic E-state index is 5.38. The maximum Gasteiger partial charge on any atom is 0.216 e. The third-order valence-corrected chi connectivity index (χ3v) is 3.59. The number of nitrogens with one attached hydrogen (secondary N) is 1. The largest absolute Gasteiger partial charge is 0.490 e. The van der Waals surface area contributed by atoms with Crippen molar-refractivity contribution in [1.82, 2.24) is 30.2 Å². The highest BCUT2D eigenvalue weighted by molar-refractivity contribution is 7.99. The Labute approximate surface area is 112 Å². The van der Waals surface area contributed by atoms with E-state index in [-0.39, 0.29) is 0 Å². The van der Waals surface area contributed by atoms with Crippen LogP contribution in [-0.2, 0) is 0 Å². The van der Waals surface area contributed by atoms with Crippen molar-refractivity contribution in [2.45, 2.75) is 29.1 Å². The number of hydrogen-bond acceptors (Lipinski definition) is 9. The van der Waals surface area contributed by atoms with E-state index in [9.17, 15) is 0 Å². The minimum atomic E-state index is 0.400. The Balaban J connectivity index is 1.92. The zero-order chi connectivity index (χ0) is 13.2. The predicted octanol–water partition coefficient (Wildman–Crippen LogP) is 0.243. The first-order valence-electron chi connectivity index (χ1n) is 5.64. The molecule has 1 saturated carbocycles. The summed E-state index contributed by atoms with van der Waals surface area (Å²) < 4.78 is 7.07. The van der Waals surface area contributed by atoms with Crippen molar-refractivity contribution < 1.29 is 4.74 Å². The van der Waals surface area contributed by atoms with Crippen molar-refractivity contribution in [3.8, 4) is 5.75 Å². The molecule has 0 atom stereocenters. The second kappa shape index (κ2) is 4.97. The molecule has 0 aliphatic heterocycles. The van der Waals surface area contributed by atoms with Gasteiger partial charge in [-0.25, -0.2) is 20.5 Å². The van der Waals surface area contributed by atoms with Gasteiger partial charge in [-0.2, -0.15) is 0 Å². The standard InChI is InChI=1S/C9H12N8OS/c1-18-6-7(13-10)11-4-12-8(6)19-9-14-15-16-17(9)5-2-3-5/h4-5H,2-3,10H2,1H3,(H,11,12,13). The maximum atomic E-state index is 5.38. The molecule has 1 aliphatic rings. The van der Waals surface area contributed by atoms with E-state index in [2.05, 4.69) is 30.9 Å². The van der Waals surface area contributed by atoms with Gasteiger partial charge in [0.25, 0.3) is 0 Å². The van der Waals surface area contributed by atoms with Crippen LogP contribution in [0.15, 0.2) is 16.5 Å². The summed E-state index contributed by atoms with van der Waals surface area (Å²) in [5.41, 5.74) is 2.47. The highest BCUT2D eigenvalue weighted by Crippen LogP contribution is 2.40. The fourth-order valence-electron chi connectivity index (χ4n) is 1.60. The van der Waals surface area contributed by atoms with Crippen LogP contribution in [0.2, 0.25) is 0 Å². The molecule has 2 aromatic rings. The van der Waals surface area contributed by atoms with E-state index in [1.165, 1.54) is 25.2 Å². The SMILES string of the molecule is COc1c(NN)ncnc1Sc1nnnn1C1CC1. The van der Waals surface area contributed by atoms with Gasteiger partial charge < -0.3 is 10.2 Å². The van der Waals surface area contributed by atoms with Crippen LogP contribution in [-0.4, -0.2) is 37.3 Å². The molecule has 0 aromatic carbocycles. The number of methoxy groups -OCH3 is 1. The molecule has 3 rings (SSSR count). The normalized spacial score (nSPS) is 14.4. The summed E-state index contributed by atoms with van der Waals surface area (Å²) in [6.07, 6.45) is 3.62. The first-order chi connectivity index (χ1) is 9.33. The number of ether oxygens (including phenoxy) is 1. The lowest BCUT2D eigenvalue weighted by Gasteiger charge is -2.09. The first kappa shape index (κ1) is 12.1. The first-order valence-corrected chi connectivity index (χ1v) is 6.46. The van der Waals surface area contributed by atoms with E-state index in [0.29, 0.717) is 27.8 Å². The van der Waals surface area contributed by atoms with Gasteiger partial charge in [-0.15, -0.1) is 5.10 Å². The Hall–Kier alpha value is -1.94. The summed E-state index contributed by atoms with van der Waals surface area (Å²) in [5, 5.41) is 13.0. The zero-order valence-corrected chi connectivity index (χ0v) is 11.0. The summed E-state index contributed by atoms with van der Waals surface area (Å²) in [6, 6.07) is 0.400. The smallest absolute Gasteiger partial charge is 0.216 e. The zero-order valence-electron chi connectivity index (χ0n) is 10.1. The van der Waals surface area contributed by atoms with E-state index >= 15 is 0 Å². The average Bonchev–Trinajstić information content (AvgIpc) is 3.19. The van der Waals surface area contributed by atoms with Gasteiger partial charge in [0.2, 0.25) is 5.16 Å². The quantitative estimate of drug-likeness (QED) is 0.451. The minimum absolute atomic E-state index is 0.400. The van der Waals surface area contributed by atoms with Crippen molar-refractivity contribution in [3.05, 3.63) is 6.33 Å². The van der Waals surface area contributed by atoms with Crippen molar-refractivity contribution in [2.75, 3.05) is 12.5 Å². The molecule has 1 aliphatic carbocycles. The predicted molar refractivity (Wildman–Crippen MR) is 66.6 cm³/mol. The summed E-state index contributed by atoms with van der Waals surface area (Å²) in [5.74, 6) is 6.28. The number of aromatic nitrogens is 6. The Morgan fingerprint density at radius 1 is 1.47 bits per heavy atom. The average molecular weight is 280 g/mol. The summed E-state index contributed by atoms with van der Waals surface area (Å²) >= 11 is 1.33. The van der Waals surface area contributed by atoms with Crippen molar-refractivity contribution in [1.29, 1.82) is 0 Å². The minimum Gasteiger partial charge on any atom is -0.490 e. The number of nitrogen functional groups attached to an aromatic ring is 1. The third kappa shape index (κ3) is 2.31. The van der Waals surface area contributed by atoms with Gasteiger partial charge in [0.15, 0.2) is 16.6 Å². The molecule has 2 aromatic heterocycles. The Kier molecular flexibility index (Phi) is 3.17. The van der Waals surface area contributed by atoms with Crippen LogP contribution in [0.4, 0.5) is 5.82 Å². The number of rotatable bonds is 5. The third-order valence-electron chi connectivity index (χ3n) is 2.66. The lowest BCUT2D eigenvalue weighted by molar-refractivity contribution is 0.400. The van der Waals surface area contributed by atoms with Gasteiger partial charge in [0.05, 0.1) is 13.2 Å². The number of hydrazine groups is 1. The monoisotopic (exact) mass is 280 g/mol. The van der Waals surface area contributed by atoms with E-state index < -0.39 is 0 Å². The molecular formula is C9H12N8OS. The number of hydrogen-bond donors (Lipinski definition) is 2. The van der Waals surface area contributed by atoms with Crippen molar-refractivity contribution in [3.63, 3.8) is 0 Å². The molecule has 19 heavy (non-hydrogen) atoms. The summed E-state index contributed by atoms with van der Waals surface area (Å²) in [6.45, 7) is 0. The van der Waals surface area contributed by atoms with Crippen LogP contribution >= 0.6 is 11.8 Å². The van der Waals surface area contributed by atoms with Crippen LogP contribution in [0.3, 0.4) is 0 Å². The summed E-state index contributed by atoms with van der Waals surface area (Å²) in [7, 11) is 1.54. The molecular weight excluding hydrogens is 268 g/mol. The van der Waals surface area contributed by atoms with Gasteiger partial charge in [0.1, 0.15) is 6.33 Å². The highest BCUT2D eigenvalue weighted by atomic mass is 32.2. The molecule has 0 amide bonds. The fraction of sp³-hybridized carbons (Fsp3) is 0.444. The fourth-order valence-corrected chi connectivity index (χ4v) is 2.51. The number of tetrazole rings is 1. The molecule has 9 nitrogen and oxygen atoms in total. The number of anilines is 1. The van der Waals surface area contributed by atoms with Gasteiger partial charge >= 0.3 is 0 Å². The topological polar surface area (TPSA) is 117 Å². The second-order valence-corrected chi connectivity index (χ2v) is 4.90. The lowest BCUT2D eigenvalue weighted by atomic mass is 10.5. The van der Waals surface area contributed by atoms with Gasteiger partial charge in [-0.05, 0) is 35.0 Å². The van der Waals surface area contributed by atoms with E-state index in [1.54, 1.807) is 0 Å². The van der Waals surface area contributed by atoms with E-state index in [4.69, 9.17) is 10.6 Å². The molecule has 10 heteroatoms. The Morgan fingerprint density at radius 2 is 2.32 bits per heavy atom. The number of nitrogens with zero attached hydrogens (tertiary/aromatic N) is 6. The van der Waals surface area contributed by atoms with Crippen LogP contribution in [0.25, 0.3) is 0 Å². The van der Waals surface area contributed by atoms with Crippen LogP contribution in [0.5, 0.6) is 5.75 Å². The number of nitrogens with two attached hydrogens (primary N) is 1. The Bertz CT molecular complexity index is 583. The second-order valence-electron chi connectivity index (χ2n) is 3.94. The molecule has 0 spiro atoms. The highest BCUT2D eigenvalue weighted by Gasteiger charge is 2.29.